The molecule has 0 bridgehead atoms. The maximum Gasteiger partial charge on any atom is 0.0797 e. The van der Waals surface area contributed by atoms with Crippen LogP contribution in [-0.2, 0) is 11.2 Å². The van der Waals surface area contributed by atoms with Gasteiger partial charge in [0.05, 0.1) is 11.2 Å². The molecule has 0 aliphatic carbocycles. The second-order valence-corrected chi connectivity index (χ2v) is 5.28. The van der Waals surface area contributed by atoms with Crippen molar-refractivity contribution in [2.45, 2.75) is 38.1 Å². The average Bonchev–Trinajstić information content (AvgIpc) is 2.62. The van der Waals surface area contributed by atoms with Crippen molar-refractivity contribution in [3.8, 4) is 0 Å². The molecule has 1 aliphatic rings. The van der Waals surface area contributed by atoms with E-state index in [9.17, 15) is 0 Å². The molecular formula is C11H18N2OS. The van der Waals surface area contributed by atoms with Gasteiger partial charge in [-0.2, -0.15) is 0 Å². The molecule has 4 heteroatoms. The third-order valence-electron chi connectivity index (χ3n) is 3.18. The van der Waals surface area contributed by atoms with Gasteiger partial charge in [-0.3, -0.25) is 0 Å². The van der Waals surface area contributed by atoms with Gasteiger partial charge in [0.1, 0.15) is 0 Å². The minimum Gasteiger partial charge on any atom is -0.381 e. The summed E-state index contributed by atoms with van der Waals surface area (Å²) in [6.45, 7) is 3.70. The molecule has 1 aliphatic heterocycles. The van der Waals surface area contributed by atoms with Crippen molar-refractivity contribution in [2.75, 3.05) is 13.2 Å². The number of aryl methyl sites for hydroxylation is 2. The van der Waals surface area contributed by atoms with E-state index in [1.54, 1.807) is 11.3 Å². The molecule has 2 heterocycles. The quantitative estimate of drug-likeness (QED) is 0.856. The summed E-state index contributed by atoms with van der Waals surface area (Å²) < 4.78 is 5.34. The summed E-state index contributed by atoms with van der Waals surface area (Å²) in [6, 6.07) is 0. The lowest BCUT2D eigenvalue weighted by atomic mass is 9.86. The summed E-state index contributed by atoms with van der Waals surface area (Å²) in [5.74, 6) is 0. The number of hydrogen-bond donors (Lipinski definition) is 1. The summed E-state index contributed by atoms with van der Waals surface area (Å²) in [4.78, 5) is 5.64. The van der Waals surface area contributed by atoms with E-state index < -0.39 is 0 Å². The highest BCUT2D eigenvalue weighted by Gasteiger charge is 2.27. The summed E-state index contributed by atoms with van der Waals surface area (Å²) >= 11 is 1.74. The molecule has 2 N–H and O–H groups in total. The number of rotatable bonds is 3. The van der Waals surface area contributed by atoms with Crippen LogP contribution in [0.15, 0.2) is 5.51 Å². The van der Waals surface area contributed by atoms with Crippen LogP contribution in [0.2, 0.25) is 0 Å². The maximum atomic E-state index is 6.33. The van der Waals surface area contributed by atoms with Crippen molar-refractivity contribution in [1.82, 2.24) is 4.98 Å². The molecule has 84 valence electrons. The molecule has 1 fully saturated rings. The predicted octanol–water partition coefficient (Wildman–Crippen LogP) is 1.89. The molecule has 15 heavy (non-hydrogen) atoms. The van der Waals surface area contributed by atoms with Gasteiger partial charge in [-0.15, -0.1) is 11.3 Å². The Morgan fingerprint density at radius 1 is 1.53 bits per heavy atom. The average molecular weight is 226 g/mol. The first-order valence-electron chi connectivity index (χ1n) is 5.45. The lowest BCUT2D eigenvalue weighted by molar-refractivity contribution is 0.0504. The van der Waals surface area contributed by atoms with E-state index in [4.69, 9.17) is 10.5 Å². The highest BCUT2D eigenvalue weighted by atomic mass is 32.1. The minimum atomic E-state index is -0.00528. The summed E-state index contributed by atoms with van der Waals surface area (Å²) in [5, 5.41) is 0. The largest absolute Gasteiger partial charge is 0.381 e. The molecule has 0 spiro atoms. The third kappa shape index (κ3) is 2.77. The Morgan fingerprint density at radius 3 is 2.87 bits per heavy atom. The fourth-order valence-corrected chi connectivity index (χ4v) is 2.74. The molecule has 1 aromatic heterocycles. The SMILES string of the molecule is Cc1ncsc1CCC1(N)CCOCC1. The van der Waals surface area contributed by atoms with E-state index in [0.29, 0.717) is 0 Å². The molecule has 0 amide bonds. The van der Waals surface area contributed by atoms with Gasteiger partial charge in [0.2, 0.25) is 0 Å². The molecular weight excluding hydrogens is 208 g/mol. The highest BCUT2D eigenvalue weighted by Crippen LogP contribution is 2.25. The Morgan fingerprint density at radius 2 is 2.27 bits per heavy atom. The first-order valence-corrected chi connectivity index (χ1v) is 6.33. The van der Waals surface area contributed by atoms with Gasteiger partial charge in [-0.25, -0.2) is 4.98 Å². The fourth-order valence-electron chi connectivity index (χ4n) is 1.96. The molecule has 0 radical (unpaired) electrons. The van der Waals surface area contributed by atoms with Crippen molar-refractivity contribution in [1.29, 1.82) is 0 Å². The second-order valence-electron chi connectivity index (χ2n) is 4.34. The number of nitrogens with two attached hydrogens (primary N) is 1. The number of thiazole rings is 1. The van der Waals surface area contributed by atoms with Crippen molar-refractivity contribution in [3.63, 3.8) is 0 Å². The van der Waals surface area contributed by atoms with Gasteiger partial charge in [0, 0.05) is 23.6 Å². The fraction of sp³-hybridized carbons (Fsp3) is 0.727. The number of hydrogen-bond acceptors (Lipinski definition) is 4. The molecule has 0 aromatic carbocycles. The van der Waals surface area contributed by atoms with E-state index in [-0.39, 0.29) is 5.54 Å². The topological polar surface area (TPSA) is 48.1 Å². The van der Waals surface area contributed by atoms with Gasteiger partial charge in [-0.1, -0.05) is 0 Å². The minimum absolute atomic E-state index is 0.00528. The Labute approximate surface area is 94.7 Å². The van der Waals surface area contributed by atoms with E-state index in [0.717, 1.165) is 44.6 Å². The van der Waals surface area contributed by atoms with Crippen LogP contribution in [-0.4, -0.2) is 23.7 Å². The van der Waals surface area contributed by atoms with Crippen molar-refractivity contribution in [2.24, 2.45) is 5.73 Å². The van der Waals surface area contributed by atoms with Crippen LogP contribution in [0.4, 0.5) is 0 Å². The Bertz CT molecular complexity index is 318. The standard InChI is InChI=1S/C11H18N2OS/c1-9-10(15-8-13-9)2-3-11(12)4-6-14-7-5-11/h8H,2-7,12H2,1H3. The molecule has 3 nitrogen and oxygen atoms in total. The summed E-state index contributed by atoms with van der Waals surface area (Å²) in [7, 11) is 0. The van der Waals surface area contributed by atoms with Crippen LogP contribution < -0.4 is 5.73 Å². The van der Waals surface area contributed by atoms with E-state index in [1.165, 1.54) is 4.88 Å². The lowest BCUT2D eigenvalue weighted by Gasteiger charge is -2.33. The van der Waals surface area contributed by atoms with Crippen LogP contribution in [0.5, 0.6) is 0 Å². The Kier molecular flexibility index (Phi) is 3.38. The third-order valence-corrected chi connectivity index (χ3v) is 4.18. The predicted molar refractivity (Wildman–Crippen MR) is 62.1 cm³/mol. The zero-order valence-corrected chi connectivity index (χ0v) is 9.98. The summed E-state index contributed by atoms with van der Waals surface area (Å²) in [6.07, 6.45) is 4.10. The Balaban J connectivity index is 1.89. The lowest BCUT2D eigenvalue weighted by Crippen LogP contribution is -2.45. The molecule has 0 saturated carbocycles. The molecule has 0 unspecified atom stereocenters. The van der Waals surface area contributed by atoms with Crippen molar-refractivity contribution >= 4 is 11.3 Å². The van der Waals surface area contributed by atoms with Gasteiger partial charge >= 0.3 is 0 Å². The van der Waals surface area contributed by atoms with Crippen molar-refractivity contribution in [3.05, 3.63) is 16.1 Å². The van der Waals surface area contributed by atoms with Gasteiger partial charge in [-0.05, 0) is 32.6 Å². The normalized spacial score (nSPS) is 20.4. The number of nitrogens with zero attached hydrogens (tertiary/aromatic N) is 1. The molecule has 1 saturated heterocycles. The highest BCUT2D eigenvalue weighted by molar-refractivity contribution is 7.09. The first-order chi connectivity index (χ1) is 7.20. The molecule has 1 aromatic rings. The zero-order chi connectivity index (χ0) is 10.7. The summed E-state index contributed by atoms with van der Waals surface area (Å²) in [5.41, 5.74) is 9.40. The monoisotopic (exact) mass is 226 g/mol. The van der Waals surface area contributed by atoms with Crippen LogP contribution in [0.1, 0.15) is 29.8 Å². The van der Waals surface area contributed by atoms with E-state index in [2.05, 4.69) is 11.9 Å². The van der Waals surface area contributed by atoms with Crippen LogP contribution >= 0.6 is 11.3 Å². The van der Waals surface area contributed by atoms with Gasteiger partial charge < -0.3 is 10.5 Å². The van der Waals surface area contributed by atoms with E-state index >= 15 is 0 Å². The van der Waals surface area contributed by atoms with Gasteiger partial charge in [0.15, 0.2) is 0 Å². The smallest absolute Gasteiger partial charge is 0.0797 e. The molecule has 2 rings (SSSR count). The maximum absolute atomic E-state index is 6.33. The molecule has 0 atom stereocenters. The van der Waals surface area contributed by atoms with Crippen LogP contribution in [0.25, 0.3) is 0 Å². The van der Waals surface area contributed by atoms with Crippen LogP contribution in [0.3, 0.4) is 0 Å². The zero-order valence-electron chi connectivity index (χ0n) is 9.16. The first kappa shape index (κ1) is 11.0. The number of ether oxygens (including phenoxy) is 1. The van der Waals surface area contributed by atoms with Gasteiger partial charge in [0.25, 0.3) is 0 Å². The van der Waals surface area contributed by atoms with Crippen LogP contribution in [0, 0.1) is 6.92 Å². The number of aromatic nitrogens is 1. The Hall–Kier alpha value is -0.450. The second kappa shape index (κ2) is 4.60. The van der Waals surface area contributed by atoms with E-state index in [1.807, 2.05) is 5.51 Å². The van der Waals surface area contributed by atoms with Crippen molar-refractivity contribution < 1.29 is 4.74 Å².